The molecule has 0 amide bonds. The first-order valence-corrected chi connectivity index (χ1v) is 5.66. The molecule has 1 aliphatic rings. The van der Waals surface area contributed by atoms with Crippen LogP contribution >= 0.6 is 0 Å². The maximum atomic E-state index is 9.70. The summed E-state index contributed by atoms with van der Waals surface area (Å²) in [5.41, 5.74) is 2.67. The highest BCUT2D eigenvalue weighted by Gasteiger charge is 2.20. The van der Waals surface area contributed by atoms with E-state index in [1.807, 2.05) is 12.1 Å². The minimum Gasteiger partial charge on any atom is -0.504 e. The zero-order valence-electron chi connectivity index (χ0n) is 9.42. The number of ether oxygens (including phenoxy) is 1. The summed E-state index contributed by atoms with van der Waals surface area (Å²) in [6.07, 6.45) is 4.75. The van der Waals surface area contributed by atoms with E-state index in [4.69, 9.17) is 4.74 Å². The van der Waals surface area contributed by atoms with Crippen molar-refractivity contribution in [2.75, 3.05) is 7.11 Å². The van der Waals surface area contributed by atoms with Crippen molar-refractivity contribution >= 4 is 0 Å². The molecule has 0 bridgehead atoms. The Balaban J connectivity index is 2.46. The van der Waals surface area contributed by atoms with Crippen molar-refractivity contribution in [1.82, 2.24) is 0 Å². The molecule has 0 heterocycles. The Kier molecular flexibility index (Phi) is 2.85. The lowest BCUT2D eigenvalue weighted by Gasteiger charge is -2.25. The van der Waals surface area contributed by atoms with Gasteiger partial charge in [-0.2, -0.15) is 0 Å². The Morgan fingerprint density at radius 2 is 2.27 bits per heavy atom. The maximum Gasteiger partial charge on any atom is 0.160 e. The highest BCUT2D eigenvalue weighted by molar-refractivity contribution is 5.48. The van der Waals surface area contributed by atoms with Crippen molar-refractivity contribution in [3.05, 3.63) is 23.3 Å². The number of phenols is 1. The Morgan fingerprint density at radius 3 is 2.93 bits per heavy atom. The van der Waals surface area contributed by atoms with Gasteiger partial charge < -0.3 is 9.84 Å². The van der Waals surface area contributed by atoms with Crippen LogP contribution in [0.25, 0.3) is 0 Å². The highest BCUT2D eigenvalue weighted by Crippen LogP contribution is 2.39. The molecule has 15 heavy (non-hydrogen) atoms. The van der Waals surface area contributed by atoms with Crippen molar-refractivity contribution in [3.8, 4) is 11.5 Å². The first kappa shape index (κ1) is 10.3. The van der Waals surface area contributed by atoms with Crippen molar-refractivity contribution < 1.29 is 9.84 Å². The highest BCUT2D eigenvalue weighted by atomic mass is 16.5. The van der Waals surface area contributed by atoms with Gasteiger partial charge in [-0.3, -0.25) is 0 Å². The molecule has 0 fully saturated rings. The average molecular weight is 206 g/mol. The lowest BCUT2D eigenvalue weighted by Crippen LogP contribution is -2.09. The molecule has 2 rings (SSSR count). The van der Waals surface area contributed by atoms with Gasteiger partial charge >= 0.3 is 0 Å². The Morgan fingerprint density at radius 1 is 1.47 bits per heavy atom. The van der Waals surface area contributed by atoms with E-state index in [1.165, 1.54) is 30.4 Å². The van der Waals surface area contributed by atoms with E-state index in [9.17, 15) is 5.11 Å². The monoisotopic (exact) mass is 206 g/mol. The summed E-state index contributed by atoms with van der Waals surface area (Å²) in [5.74, 6) is 1.52. The number of fused-ring (bicyclic) bond motifs is 1. The van der Waals surface area contributed by atoms with E-state index in [0.29, 0.717) is 11.7 Å². The van der Waals surface area contributed by atoms with Gasteiger partial charge in [-0.1, -0.05) is 6.92 Å². The van der Waals surface area contributed by atoms with Crippen LogP contribution in [0.1, 0.15) is 43.2 Å². The maximum absolute atomic E-state index is 9.70. The zero-order chi connectivity index (χ0) is 10.8. The summed E-state index contributed by atoms with van der Waals surface area (Å²) in [5, 5.41) is 9.70. The molecule has 1 aromatic carbocycles. The van der Waals surface area contributed by atoms with Gasteiger partial charge in [0.15, 0.2) is 11.5 Å². The van der Waals surface area contributed by atoms with E-state index in [-0.39, 0.29) is 5.75 Å². The molecule has 0 aromatic heterocycles. The second-order valence-corrected chi connectivity index (χ2v) is 4.22. The van der Waals surface area contributed by atoms with Crippen molar-refractivity contribution in [2.45, 2.75) is 38.5 Å². The van der Waals surface area contributed by atoms with E-state index in [1.54, 1.807) is 7.11 Å². The molecule has 0 spiro atoms. The minimum atomic E-state index is 0.271. The van der Waals surface area contributed by atoms with Gasteiger partial charge in [0.1, 0.15) is 0 Å². The lowest BCUT2D eigenvalue weighted by atomic mass is 9.81. The van der Waals surface area contributed by atoms with Crippen LogP contribution in [0.5, 0.6) is 11.5 Å². The van der Waals surface area contributed by atoms with Gasteiger partial charge in [-0.25, -0.2) is 0 Å². The van der Waals surface area contributed by atoms with E-state index in [2.05, 4.69) is 6.92 Å². The van der Waals surface area contributed by atoms with Crippen LogP contribution in [0.2, 0.25) is 0 Å². The van der Waals surface area contributed by atoms with Crippen LogP contribution in [-0.2, 0) is 6.42 Å². The van der Waals surface area contributed by atoms with Gasteiger partial charge in [-0.05, 0) is 54.9 Å². The summed E-state index contributed by atoms with van der Waals surface area (Å²) >= 11 is 0. The van der Waals surface area contributed by atoms with Crippen molar-refractivity contribution in [3.63, 3.8) is 0 Å². The molecule has 1 unspecified atom stereocenters. The minimum absolute atomic E-state index is 0.271. The third-order valence-corrected chi connectivity index (χ3v) is 3.37. The molecule has 2 heteroatoms. The molecule has 0 aliphatic heterocycles. The Bertz CT molecular complexity index is 358. The number of phenolic OH excluding ortho intramolecular Hbond substituents is 1. The Labute approximate surface area is 90.9 Å². The van der Waals surface area contributed by atoms with Crippen LogP contribution in [0.3, 0.4) is 0 Å². The molecule has 0 saturated heterocycles. The van der Waals surface area contributed by atoms with Gasteiger partial charge in [0.05, 0.1) is 7.11 Å². The topological polar surface area (TPSA) is 29.5 Å². The smallest absolute Gasteiger partial charge is 0.160 e. The van der Waals surface area contributed by atoms with Gasteiger partial charge in [0.25, 0.3) is 0 Å². The molecule has 82 valence electrons. The fourth-order valence-corrected chi connectivity index (χ4v) is 2.51. The molecule has 1 aromatic rings. The lowest BCUT2D eigenvalue weighted by molar-refractivity contribution is 0.370. The first-order valence-electron chi connectivity index (χ1n) is 5.66. The quantitative estimate of drug-likeness (QED) is 0.805. The standard InChI is InChI=1S/C13H18O2/c1-3-9-5-4-6-10-7-12(14)13(15-2)8-11(9)10/h7-9,14H,3-6H2,1-2H3. The molecular weight excluding hydrogens is 188 g/mol. The number of hydrogen-bond donors (Lipinski definition) is 1. The summed E-state index contributed by atoms with van der Waals surface area (Å²) in [6, 6.07) is 3.88. The summed E-state index contributed by atoms with van der Waals surface area (Å²) < 4.78 is 5.15. The van der Waals surface area contributed by atoms with Gasteiger partial charge in [0, 0.05) is 0 Å². The number of aryl methyl sites for hydroxylation is 1. The van der Waals surface area contributed by atoms with Crippen LogP contribution in [0.4, 0.5) is 0 Å². The van der Waals surface area contributed by atoms with E-state index >= 15 is 0 Å². The third-order valence-electron chi connectivity index (χ3n) is 3.37. The fourth-order valence-electron chi connectivity index (χ4n) is 2.51. The predicted molar refractivity (Wildman–Crippen MR) is 60.6 cm³/mol. The van der Waals surface area contributed by atoms with Crippen LogP contribution in [-0.4, -0.2) is 12.2 Å². The number of methoxy groups -OCH3 is 1. The van der Waals surface area contributed by atoms with Crippen LogP contribution in [0, 0.1) is 0 Å². The normalized spacial score (nSPS) is 19.7. The SMILES string of the molecule is CCC1CCCc2cc(O)c(OC)cc21. The summed E-state index contributed by atoms with van der Waals surface area (Å²) in [7, 11) is 1.60. The number of rotatable bonds is 2. The molecule has 1 N–H and O–H groups in total. The van der Waals surface area contributed by atoms with Gasteiger partial charge in [0.2, 0.25) is 0 Å². The summed E-state index contributed by atoms with van der Waals surface area (Å²) in [4.78, 5) is 0. The van der Waals surface area contributed by atoms with Crippen molar-refractivity contribution in [1.29, 1.82) is 0 Å². The molecular formula is C13H18O2. The molecule has 0 radical (unpaired) electrons. The summed E-state index contributed by atoms with van der Waals surface area (Å²) in [6.45, 7) is 2.22. The average Bonchev–Trinajstić information content (AvgIpc) is 2.27. The van der Waals surface area contributed by atoms with E-state index in [0.717, 1.165) is 6.42 Å². The number of hydrogen-bond acceptors (Lipinski definition) is 2. The van der Waals surface area contributed by atoms with E-state index < -0.39 is 0 Å². The number of benzene rings is 1. The zero-order valence-corrected chi connectivity index (χ0v) is 9.42. The van der Waals surface area contributed by atoms with Crippen molar-refractivity contribution in [2.24, 2.45) is 0 Å². The molecule has 1 aliphatic carbocycles. The molecule has 1 atom stereocenters. The second kappa shape index (κ2) is 4.13. The second-order valence-electron chi connectivity index (χ2n) is 4.22. The van der Waals surface area contributed by atoms with Crippen LogP contribution < -0.4 is 4.74 Å². The molecule has 0 saturated carbocycles. The number of aromatic hydroxyl groups is 1. The Hall–Kier alpha value is -1.18. The largest absolute Gasteiger partial charge is 0.504 e. The first-order chi connectivity index (χ1) is 7.26. The fraction of sp³-hybridized carbons (Fsp3) is 0.538. The molecule has 2 nitrogen and oxygen atoms in total. The van der Waals surface area contributed by atoms with Crippen LogP contribution in [0.15, 0.2) is 12.1 Å². The van der Waals surface area contributed by atoms with Gasteiger partial charge in [-0.15, -0.1) is 0 Å². The predicted octanol–water partition coefficient (Wildman–Crippen LogP) is 3.23. The third kappa shape index (κ3) is 1.81.